The van der Waals surface area contributed by atoms with Crippen LogP contribution in [0.5, 0.6) is 0 Å². The number of para-hydroxylation sites is 4. The van der Waals surface area contributed by atoms with E-state index >= 15 is 0 Å². The van der Waals surface area contributed by atoms with Gasteiger partial charge in [0.1, 0.15) is 11.2 Å². The van der Waals surface area contributed by atoms with Crippen molar-refractivity contribution < 1.29 is 4.42 Å². The average molecular weight is 881 g/mol. The van der Waals surface area contributed by atoms with Crippen LogP contribution in [0.1, 0.15) is 0 Å². The van der Waals surface area contributed by atoms with Crippen LogP contribution in [0.15, 0.2) is 271 Å². The van der Waals surface area contributed by atoms with Crippen LogP contribution in [0, 0.1) is 0 Å². The summed E-state index contributed by atoms with van der Waals surface area (Å²) in [7, 11) is 0. The van der Waals surface area contributed by atoms with Crippen molar-refractivity contribution in [3.8, 4) is 61.3 Å². The number of furan rings is 1. The average Bonchev–Trinajstić information content (AvgIpc) is 3.98. The van der Waals surface area contributed by atoms with Gasteiger partial charge in [-0.25, -0.2) is 0 Å². The summed E-state index contributed by atoms with van der Waals surface area (Å²) in [6.07, 6.45) is 0. The zero-order valence-corrected chi connectivity index (χ0v) is 37.7. The Morgan fingerprint density at radius 3 is 1.45 bits per heavy atom. The Labute approximate surface area is 401 Å². The maximum atomic E-state index is 6.29. The Bertz CT molecular complexity index is 3940. The normalized spacial score (nSPS) is 11.5. The Balaban J connectivity index is 0.872. The van der Waals surface area contributed by atoms with Crippen LogP contribution in [0.3, 0.4) is 0 Å². The third kappa shape index (κ3) is 7.08. The van der Waals surface area contributed by atoms with Crippen molar-refractivity contribution in [2.75, 3.05) is 4.90 Å². The summed E-state index contributed by atoms with van der Waals surface area (Å²) < 4.78 is 8.67. The molecular weight excluding hydrogens is 837 g/mol. The summed E-state index contributed by atoms with van der Waals surface area (Å²) in [4.78, 5) is 2.39. The van der Waals surface area contributed by atoms with Gasteiger partial charge in [-0.2, -0.15) is 0 Å². The molecule has 0 saturated heterocycles. The molecule has 0 aliphatic carbocycles. The molecule has 3 heteroatoms. The Hall–Kier alpha value is -9.18. The highest BCUT2D eigenvalue weighted by Gasteiger charge is 2.21. The van der Waals surface area contributed by atoms with E-state index in [-0.39, 0.29) is 0 Å². The predicted octanol–water partition coefficient (Wildman–Crippen LogP) is 18.5. The van der Waals surface area contributed by atoms with E-state index in [2.05, 4.69) is 264 Å². The number of anilines is 3. The Morgan fingerprint density at radius 2 is 0.754 bits per heavy atom. The van der Waals surface area contributed by atoms with Crippen molar-refractivity contribution in [2.45, 2.75) is 0 Å². The summed E-state index contributed by atoms with van der Waals surface area (Å²) in [5, 5.41) is 4.79. The van der Waals surface area contributed by atoms with Gasteiger partial charge in [-0.3, -0.25) is 0 Å². The van der Waals surface area contributed by atoms with Crippen molar-refractivity contribution in [1.29, 1.82) is 0 Å². The molecule has 0 saturated carbocycles. The fourth-order valence-corrected chi connectivity index (χ4v) is 10.4. The number of hydrogen-bond donors (Lipinski definition) is 0. The largest absolute Gasteiger partial charge is 0.456 e. The van der Waals surface area contributed by atoms with E-state index in [4.69, 9.17) is 4.42 Å². The zero-order chi connectivity index (χ0) is 45.7. The van der Waals surface area contributed by atoms with Gasteiger partial charge in [0.25, 0.3) is 0 Å². The van der Waals surface area contributed by atoms with Crippen molar-refractivity contribution in [3.63, 3.8) is 0 Å². The number of benzene rings is 11. The second kappa shape index (κ2) is 16.9. The summed E-state index contributed by atoms with van der Waals surface area (Å²) >= 11 is 0. The summed E-state index contributed by atoms with van der Waals surface area (Å²) in [6.45, 7) is 0. The van der Waals surface area contributed by atoms with E-state index in [0.29, 0.717) is 0 Å². The Kier molecular flexibility index (Phi) is 9.84. The highest BCUT2D eigenvalue weighted by atomic mass is 16.3. The fourth-order valence-electron chi connectivity index (χ4n) is 10.4. The van der Waals surface area contributed by atoms with Gasteiger partial charge in [0.2, 0.25) is 0 Å². The van der Waals surface area contributed by atoms with Crippen LogP contribution in [-0.4, -0.2) is 4.57 Å². The van der Waals surface area contributed by atoms with Gasteiger partial charge in [0.15, 0.2) is 0 Å². The molecule has 0 spiro atoms. The first-order valence-corrected chi connectivity index (χ1v) is 23.6. The minimum absolute atomic E-state index is 0.893. The second-order valence-corrected chi connectivity index (χ2v) is 17.6. The van der Waals surface area contributed by atoms with Crippen molar-refractivity contribution in [2.24, 2.45) is 0 Å². The van der Waals surface area contributed by atoms with E-state index < -0.39 is 0 Å². The molecule has 324 valence electrons. The van der Waals surface area contributed by atoms with Crippen LogP contribution in [0.25, 0.3) is 105 Å². The molecule has 0 fully saturated rings. The first-order valence-electron chi connectivity index (χ1n) is 23.6. The smallest absolute Gasteiger partial charge is 0.136 e. The summed E-state index contributed by atoms with van der Waals surface area (Å²) in [5.74, 6) is 0. The van der Waals surface area contributed by atoms with Gasteiger partial charge in [-0.15, -0.1) is 0 Å². The number of hydrogen-bond acceptors (Lipinski definition) is 2. The Morgan fingerprint density at radius 1 is 0.290 bits per heavy atom. The van der Waals surface area contributed by atoms with Crippen molar-refractivity contribution in [1.82, 2.24) is 4.57 Å². The SMILES string of the molecule is c1ccc(-c2ccccc2-c2ccccc2N(c2ccc(-c3ccc(-c4cccc(-n5c6ccccc6c6ccccc65)c4)cc3)cc2)c2ccc(-c3cccc4oc5ccccc5c34)cc2)cc1. The van der Waals surface area contributed by atoms with Gasteiger partial charge in [0, 0.05) is 44.2 Å². The molecule has 0 radical (unpaired) electrons. The molecular formula is C66H44N2O. The lowest BCUT2D eigenvalue weighted by Gasteiger charge is -2.29. The highest BCUT2D eigenvalue weighted by molar-refractivity contribution is 6.12. The maximum absolute atomic E-state index is 6.29. The molecule has 69 heavy (non-hydrogen) atoms. The lowest BCUT2D eigenvalue weighted by atomic mass is 9.93. The number of aromatic nitrogens is 1. The van der Waals surface area contributed by atoms with Crippen LogP contribution < -0.4 is 4.90 Å². The van der Waals surface area contributed by atoms with Gasteiger partial charge in [-0.1, -0.05) is 200 Å². The van der Waals surface area contributed by atoms with Crippen LogP contribution in [0.2, 0.25) is 0 Å². The molecule has 13 aromatic rings. The van der Waals surface area contributed by atoms with E-state index in [1.807, 2.05) is 12.1 Å². The topological polar surface area (TPSA) is 21.3 Å². The summed E-state index contributed by atoms with van der Waals surface area (Å²) in [5.41, 5.74) is 20.3. The van der Waals surface area contributed by atoms with Gasteiger partial charge in [0.05, 0.1) is 16.7 Å². The molecule has 2 aromatic heterocycles. The van der Waals surface area contributed by atoms with Gasteiger partial charge < -0.3 is 13.9 Å². The molecule has 3 nitrogen and oxygen atoms in total. The predicted molar refractivity (Wildman–Crippen MR) is 290 cm³/mol. The standard InChI is InChI=1S/C66H44N2O/c1-2-16-48(17-3-1)54-20-4-5-21-56(54)57-22-6-10-27-61(57)67(52-42-38-49(39-43-52)55-26-15-31-65-66(55)60-25-9-13-30-64(60)69-65)51-40-36-46(37-41-51)45-32-34-47(35-33-45)50-18-14-19-53(44-50)68-62-28-11-7-23-58(62)59-24-8-12-29-63(59)68/h1-44H. The van der Waals surface area contributed by atoms with Crippen LogP contribution in [-0.2, 0) is 0 Å². The van der Waals surface area contributed by atoms with Gasteiger partial charge in [-0.05, 0) is 117 Å². The molecule has 0 atom stereocenters. The fraction of sp³-hybridized carbons (Fsp3) is 0. The molecule has 0 amide bonds. The third-order valence-corrected chi connectivity index (χ3v) is 13.6. The molecule has 0 bridgehead atoms. The van der Waals surface area contributed by atoms with Crippen LogP contribution >= 0.6 is 0 Å². The number of rotatable bonds is 9. The molecule has 0 aliphatic heterocycles. The first kappa shape index (κ1) is 40.1. The highest BCUT2D eigenvalue weighted by Crippen LogP contribution is 2.45. The number of nitrogens with zero attached hydrogens (tertiary/aromatic N) is 2. The minimum atomic E-state index is 0.893. The lowest BCUT2D eigenvalue weighted by Crippen LogP contribution is -2.11. The molecule has 0 N–H and O–H groups in total. The lowest BCUT2D eigenvalue weighted by molar-refractivity contribution is 0.669. The molecule has 2 heterocycles. The quantitative estimate of drug-likeness (QED) is 0.144. The number of fused-ring (bicyclic) bond motifs is 6. The molecule has 0 unspecified atom stereocenters. The van der Waals surface area contributed by atoms with E-state index in [1.54, 1.807) is 0 Å². The second-order valence-electron chi connectivity index (χ2n) is 17.6. The molecule has 0 aliphatic rings. The monoisotopic (exact) mass is 880 g/mol. The van der Waals surface area contributed by atoms with Crippen molar-refractivity contribution >= 4 is 60.8 Å². The van der Waals surface area contributed by atoms with Gasteiger partial charge >= 0.3 is 0 Å². The van der Waals surface area contributed by atoms with E-state index in [1.165, 1.54) is 49.6 Å². The third-order valence-electron chi connectivity index (χ3n) is 13.6. The van der Waals surface area contributed by atoms with E-state index in [9.17, 15) is 0 Å². The molecule has 11 aromatic carbocycles. The maximum Gasteiger partial charge on any atom is 0.136 e. The van der Waals surface area contributed by atoms with Crippen molar-refractivity contribution in [3.05, 3.63) is 267 Å². The summed E-state index contributed by atoms with van der Waals surface area (Å²) in [6, 6.07) is 96.1. The van der Waals surface area contributed by atoms with Crippen LogP contribution in [0.4, 0.5) is 17.1 Å². The molecule has 13 rings (SSSR count). The van der Waals surface area contributed by atoms with E-state index in [0.717, 1.165) is 72.5 Å². The minimum Gasteiger partial charge on any atom is -0.456 e. The zero-order valence-electron chi connectivity index (χ0n) is 37.7. The first-order chi connectivity index (χ1) is 34.2.